The van der Waals surface area contributed by atoms with E-state index >= 15 is 0 Å². The standard InChI is InChI=1S/C15H26N4O/c1-13-10-19(9-8-17-13)11-14(20)18-15(12-16)6-4-2-3-5-7-15/h13,17H,2-11H2,1H3,(H,18,20)/t13-/m1/s1. The second-order valence-corrected chi connectivity index (χ2v) is 6.25. The average Bonchev–Trinajstić information content (AvgIpc) is 2.65. The molecule has 2 fully saturated rings. The molecule has 1 aliphatic carbocycles. The molecule has 0 aromatic carbocycles. The Morgan fingerprint density at radius 3 is 2.70 bits per heavy atom. The fourth-order valence-electron chi connectivity index (χ4n) is 3.26. The molecule has 2 aliphatic rings. The van der Waals surface area contributed by atoms with Crippen molar-refractivity contribution < 1.29 is 4.79 Å². The largest absolute Gasteiger partial charge is 0.337 e. The van der Waals surface area contributed by atoms with Crippen LogP contribution in [0.5, 0.6) is 0 Å². The molecule has 20 heavy (non-hydrogen) atoms. The molecule has 0 unspecified atom stereocenters. The molecular weight excluding hydrogens is 252 g/mol. The first kappa shape index (κ1) is 15.3. The van der Waals surface area contributed by atoms with Crippen molar-refractivity contribution in [3.05, 3.63) is 0 Å². The zero-order valence-corrected chi connectivity index (χ0v) is 12.5. The molecule has 2 rings (SSSR count). The Hall–Kier alpha value is -1.12. The number of amides is 1. The first-order valence-corrected chi connectivity index (χ1v) is 7.81. The van der Waals surface area contributed by atoms with Crippen LogP contribution in [0.4, 0.5) is 0 Å². The summed E-state index contributed by atoms with van der Waals surface area (Å²) in [6.07, 6.45) is 6.03. The minimum absolute atomic E-state index is 0.00236. The van der Waals surface area contributed by atoms with Crippen molar-refractivity contribution in [3.8, 4) is 6.07 Å². The highest BCUT2D eigenvalue weighted by molar-refractivity contribution is 5.79. The van der Waals surface area contributed by atoms with E-state index in [0.717, 1.165) is 45.3 Å². The number of hydrogen-bond acceptors (Lipinski definition) is 4. The predicted octanol–water partition coefficient (Wildman–Crippen LogP) is 1.01. The molecule has 0 radical (unpaired) electrons. The summed E-state index contributed by atoms with van der Waals surface area (Å²) in [4.78, 5) is 14.4. The summed E-state index contributed by atoms with van der Waals surface area (Å²) in [5, 5.41) is 15.9. The average molecular weight is 278 g/mol. The van der Waals surface area contributed by atoms with Crippen molar-refractivity contribution in [1.29, 1.82) is 5.26 Å². The predicted molar refractivity (Wildman–Crippen MR) is 78.1 cm³/mol. The molecule has 0 bridgehead atoms. The maximum Gasteiger partial charge on any atom is 0.235 e. The molecule has 112 valence electrons. The highest BCUT2D eigenvalue weighted by Gasteiger charge is 2.33. The minimum atomic E-state index is -0.618. The van der Waals surface area contributed by atoms with E-state index in [9.17, 15) is 10.1 Å². The quantitative estimate of drug-likeness (QED) is 0.756. The number of carbonyl (C=O) groups is 1. The van der Waals surface area contributed by atoms with Gasteiger partial charge in [0, 0.05) is 25.7 Å². The van der Waals surface area contributed by atoms with Gasteiger partial charge >= 0.3 is 0 Å². The summed E-state index contributed by atoms with van der Waals surface area (Å²) in [7, 11) is 0. The van der Waals surface area contributed by atoms with Gasteiger partial charge in [0.15, 0.2) is 0 Å². The van der Waals surface area contributed by atoms with Crippen molar-refractivity contribution in [1.82, 2.24) is 15.5 Å². The maximum absolute atomic E-state index is 12.2. The van der Waals surface area contributed by atoms with Crippen LogP contribution < -0.4 is 10.6 Å². The van der Waals surface area contributed by atoms with E-state index < -0.39 is 5.54 Å². The zero-order chi connectivity index (χ0) is 14.4. The molecule has 1 saturated carbocycles. The lowest BCUT2D eigenvalue weighted by molar-refractivity contribution is -0.124. The van der Waals surface area contributed by atoms with Gasteiger partial charge in [0.25, 0.3) is 0 Å². The van der Waals surface area contributed by atoms with Crippen LogP contribution in [0.2, 0.25) is 0 Å². The highest BCUT2D eigenvalue weighted by atomic mass is 16.2. The van der Waals surface area contributed by atoms with Crippen molar-refractivity contribution in [2.45, 2.75) is 57.0 Å². The lowest BCUT2D eigenvalue weighted by Gasteiger charge is -2.33. The topological polar surface area (TPSA) is 68.2 Å². The Bertz CT molecular complexity index is 369. The van der Waals surface area contributed by atoms with Gasteiger partial charge in [-0.2, -0.15) is 5.26 Å². The first-order valence-electron chi connectivity index (χ1n) is 7.81. The summed E-state index contributed by atoms with van der Waals surface area (Å²) >= 11 is 0. The normalized spacial score (nSPS) is 27.3. The van der Waals surface area contributed by atoms with Gasteiger partial charge in [0.1, 0.15) is 5.54 Å². The molecule has 5 heteroatoms. The third kappa shape index (κ3) is 4.19. The molecule has 2 N–H and O–H groups in total. The first-order chi connectivity index (χ1) is 9.63. The number of piperazine rings is 1. The minimum Gasteiger partial charge on any atom is -0.337 e. The van der Waals surface area contributed by atoms with E-state index in [2.05, 4.69) is 28.5 Å². The van der Waals surface area contributed by atoms with Crippen LogP contribution >= 0.6 is 0 Å². The lowest BCUT2D eigenvalue weighted by atomic mass is 9.92. The van der Waals surface area contributed by atoms with Crippen LogP contribution in [-0.2, 0) is 4.79 Å². The molecule has 1 aliphatic heterocycles. The van der Waals surface area contributed by atoms with E-state index in [4.69, 9.17) is 0 Å². The van der Waals surface area contributed by atoms with Gasteiger partial charge in [-0.25, -0.2) is 0 Å². The van der Waals surface area contributed by atoms with Gasteiger partial charge in [-0.3, -0.25) is 9.69 Å². The van der Waals surface area contributed by atoms with Gasteiger partial charge < -0.3 is 10.6 Å². The number of nitrogens with one attached hydrogen (secondary N) is 2. The van der Waals surface area contributed by atoms with Crippen molar-refractivity contribution in [2.75, 3.05) is 26.2 Å². The Kier molecular flexibility index (Phi) is 5.38. The van der Waals surface area contributed by atoms with Crippen LogP contribution in [0.25, 0.3) is 0 Å². The SMILES string of the molecule is C[C@@H]1CN(CC(=O)NC2(C#N)CCCCCC2)CCN1. The molecule has 5 nitrogen and oxygen atoms in total. The molecule has 1 atom stereocenters. The molecule has 0 spiro atoms. The third-order valence-corrected chi connectivity index (χ3v) is 4.37. The number of nitriles is 1. The second-order valence-electron chi connectivity index (χ2n) is 6.25. The van der Waals surface area contributed by atoms with E-state index in [0.29, 0.717) is 12.6 Å². The zero-order valence-electron chi connectivity index (χ0n) is 12.5. The maximum atomic E-state index is 12.2. The second kappa shape index (κ2) is 7.05. The number of hydrogen-bond donors (Lipinski definition) is 2. The Balaban J connectivity index is 1.87. The molecule has 0 aromatic heterocycles. The third-order valence-electron chi connectivity index (χ3n) is 4.37. The molecule has 1 saturated heterocycles. The van der Waals surface area contributed by atoms with Crippen LogP contribution in [0.15, 0.2) is 0 Å². The molecule has 1 heterocycles. The van der Waals surface area contributed by atoms with Gasteiger partial charge in [0.2, 0.25) is 5.91 Å². The number of rotatable bonds is 3. The lowest BCUT2D eigenvalue weighted by Crippen LogP contribution is -2.55. The molecule has 1 amide bonds. The van der Waals surface area contributed by atoms with Gasteiger partial charge in [-0.15, -0.1) is 0 Å². The van der Waals surface area contributed by atoms with Crippen LogP contribution in [-0.4, -0.2) is 48.6 Å². The Morgan fingerprint density at radius 1 is 1.40 bits per heavy atom. The Labute approximate surface area is 121 Å². The van der Waals surface area contributed by atoms with E-state index in [1.165, 1.54) is 12.8 Å². The number of carbonyl (C=O) groups excluding carboxylic acids is 1. The molecule has 0 aromatic rings. The summed E-state index contributed by atoms with van der Waals surface area (Å²) in [5.41, 5.74) is -0.618. The van der Waals surface area contributed by atoms with E-state index in [-0.39, 0.29) is 5.91 Å². The Morgan fingerprint density at radius 2 is 2.10 bits per heavy atom. The summed E-state index contributed by atoms with van der Waals surface area (Å²) < 4.78 is 0. The number of nitrogens with zero attached hydrogens (tertiary/aromatic N) is 2. The summed E-state index contributed by atoms with van der Waals surface area (Å²) in [5.74, 6) is 0.00236. The molecular formula is C15H26N4O. The van der Waals surface area contributed by atoms with E-state index in [1.807, 2.05) is 0 Å². The van der Waals surface area contributed by atoms with E-state index in [1.54, 1.807) is 0 Å². The van der Waals surface area contributed by atoms with Gasteiger partial charge in [-0.05, 0) is 19.8 Å². The fraction of sp³-hybridized carbons (Fsp3) is 0.867. The van der Waals surface area contributed by atoms with Crippen molar-refractivity contribution in [2.24, 2.45) is 0 Å². The van der Waals surface area contributed by atoms with Gasteiger partial charge in [0.05, 0.1) is 12.6 Å². The smallest absolute Gasteiger partial charge is 0.235 e. The fourth-order valence-corrected chi connectivity index (χ4v) is 3.26. The van der Waals surface area contributed by atoms with Crippen LogP contribution in [0, 0.1) is 11.3 Å². The van der Waals surface area contributed by atoms with Crippen LogP contribution in [0.3, 0.4) is 0 Å². The van der Waals surface area contributed by atoms with Crippen molar-refractivity contribution >= 4 is 5.91 Å². The summed E-state index contributed by atoms with van der Waals surface area (Å²) in [6.45, 7) is 5.27. The van der Waals surface area contributed by atoms with Gasteiger partial charge in [-0.1, -0.05) is 25.7 Å². The van der Waals surface area contributed by atoms with Crippen molar-refractivity contribution in [3.63, 3.8) is 0 Å². The monoisotopic (exact) mass is 278 g/mol. The highest BCUT2D eigenvalue weighted by Crippen LogP contribution is 2.26. The summed E-state index contributed by atoms with van der Waals surface area (Å²) in [6, 6.07) is 2.80. The van der Waals surface area contributed by atoms with Crippen LogP contribution in [0.1, 0.15) is 45.4 Å².